The molecule has 26 heavy (non-hydrogen) atoms. The molecule has 0 bridgehead atoms. The standard InChI is InChI=1S/C17H34O6SSi2/c1-8-18-25(19-9-2,20-10-3)16-14-15(7)17(24-16)26(21-11-4,22-12-5)23-13-6/h14H,8-13H2,1-7H3. The third-order valence-electron chi connectivity index (χ3n) is 3.50. The van der Waals surface area contributed by atoms with E-state index < -0.39 is 17.6 Å². The van der Waals surface area contributed by atoms with Gasteiger partial charge in [0.25, 0.3) is 0 Å². The molecule has 0 N–H and O–H groups in total. The van der Waals surface area contributed by atoms with Crippen LogP contribution in [0.25, 0.3) is 0 Å². The van der Waals surface area contributed by atoms with Crippen LogP contribution in [0.15, 0.2) is 6.07 Å². The maximum absolute atomic E-state index is 6.08. The SMILES string of the molecule is CCO[Si](OCC)(OCC)c1cc(C)c([Si](OCC)(OCC)OCC)s1. The van der Waals surface area contributed by atoms with Gasteiger partial charge in [-0.15, -0.1) is 11.3 Å². The number of hydrogen-bond acceptors (Lipinski definition) is 7. The highest BCUT2D eigenvalue weighted by molar-refractivity contribution is 7.32. The lowest BCUT2D eigenvalue weighted by Gasteiger charge is -2.29. The second kappa shape index (κ2) is 11.7. The van der Waals surface area contributed by atoms with E-state index in [2.05, 4.69) is 13.0 Å². The minimum atomic E-state index is -2.97. The maximum atomic E-state index is 6.08. The van der Waals surface area contributed by atoms with Crippen LogP contribution in [0.4, 0.5) is 0 Å². The Labute approximate surface area is 164 Å². The normalized spacial score (nSPS) is 12.7. The van der Waals surface area contributed by atoms with Crippen molar-refractivity contribution in [3.05, 3.63) is 11.6 Å². The molecule has 0 aliphatic heterocycles. The Bertz CT molecular complexity index is 491. The summed E-state index contributed by atoms with van der Waals surface area (Å²) < 4.78 is 38.4. The summed E-state index contributed by atoms with van der Waals surface area (Å²) in [5, 5.41) is 0. The fourth-order valence-corrected chi connectivity index (χ4v) is 11.0. The smallest absolute Gasteiger partial charge is 0.370 e. The molecule has 0 spiro atoms. The first kappa shape index (κ1) is 23.9. The topological polar surface area (TPSA) is 55.4 Å². The lowest BCUT2D eigenvalue weighted by atomic mass is 10.4. The van der Waals surface area contributed by atoms with E-state index in [4.69, 9.17) is 26.6 Å². The fourth-order valence-electron chi connectivity index (χ4n) is 2.74. The molecule has 0 fully saturated rings. The monoisotopic (exact) mass is 422 g/mol. The molecule has 0 aliphatic carbocycles. The Kier molecular flexibility index (Phi) is 10.7. The molecule has 9 heteroatoms. The molecule has 6 nitrogen and oxygen atoms in total. The Hall–Kier alpha value is -0.106. The summed E-state index contributed by atoms with van der Waals surface area (Å²) in [4.78, 5) is 0. The van der Waals surface area contributed by atoms with Gasteiger partial charge in [0, 0.05) is 39.6 Å². The Morgan fingerprint density at radius 2 is 1.00 bits per heavy atom. The van der Waals surface area contributed by atoms with Crippen molar-refractivity contribution in [3.8, 4) is 0 Å². The van der Waals surface area contributed by atoms with Crippen LogP contribution in [-0.4, -0.2) is 57.3 Å². The van der Waals surface area contributed by atoms with Gasteiger partial charge in [0.15, 0.2) is 0 Å². The van der Waals surface area contributed by atoms with Gasteiger partial charge in [0.1, 0.15) is 0 Å². The molecule has 0 atom stereocenters. The van der Waals surface area contributed by atoms with E-state index in [0.29, 0.717) is 39.6 Å². The number of rotatable bonds is 14. The van der Waals surface area contributed by atoms with Crippen LogP contribution >= 0.6 is 11.3 Å². The summed E-state index contributed by atoms with van der Waals surface area (Å²) in [5.41, 5.74) is 1.07. The molecule has 0 amide bonds. The quantitative estimate of drug-likeness (QED) is 0.430. The summed E-state index contributed by atoms with van der Waals surface area (Å²) in [6, 6.07) is 2.09. The van der Waals surface area contributed by atoms with E-state index in [1.807, 2.05) is 41.5 Å². The zero-order chi connectivity index (χ0) is 19.6. The Balaban J connectivity index is 3.45. The first-order valence-corrected chi connectivity index (χ1v) is 13.7. The Morgan fingerprint density at radius 1 is 0.654 bits per heavy atom. The van der Waals surface area contributed by atoms with Crippen molar-refractivity contribution in [1.29, 1.82) is 0 Å². The summed E-state index contributed by atoms with van der Waals surface area (Å²) in [6.45, 7) is 17.0. The van der Waals surface area contributed by atoms with Gasteiger partial charge >= 0.3 is 17.6 Å². The molecular weight excluding hydrogens is 388 g/mol. The largest absolute Gasteiger partial charge is 0.547 e. The van der Waals surface area contributed by atoms with Gasteiger partial charge in [0.2, 0.25) is 0 Å². The minimum absolute atomic E-state index is 0.531. The first-order chi connectivity index (χ1) is 12.5. The maximum Gasteiger partial charge on any atom is 0.547 e. The number of aryl methyl sites for hydroxylation is 1. The molecule has 0 saturated heterocycles. The van der Waals surface area contributed by atoms with Crippen LogP contribution in [0.5, 0.6) is 0 Å². The second-order valence-electron chi connectivity index (χ2n) is 5.33. The van der Waals surface area contributed by atoms with E-state index in [9.17, 15) is 0 Å². The van der Waals surface area contributed by atoms with Crippen LogP contribution in [0.1, 0.15) is 47.1 Å². The van der Waals surface area contributed by atoms with Gasteiger partial charge in [-0.05, 0) is 60.1 Å². The van der Waals surface area contributed by atoms with Gasteiger partial charge < -0.3 is 26.6 Å². The van der Waals surface area contributed by atoms with Crippen LogP contribution in [0, 0.1) is 6.92 Å². The van der Waals surface area contributed by atoms with Crippen molar-refractivity contribution >= 4 is 37.9 Å². The highest BCUT2D eigenvalue weighted by Crippen LogP contribution is 2.21. The van der Waals surface area contributed by atoms with Crippen LogP contribution < -0.4 is 9.00 Å². The summed E-state index contributed by atoms with van der Waals surface area (Å²) in [6.07, 6.45) is 0. The van der Waals surface area contributed by atoms with Crippen molar-refractivity contribution < 1.29 is 26.6 Å². The lowest BCUT2D eigenvalue weighted by molar-refractivity contribution is 0.0860. The van der Waals surface area contributed by atoms with Gasteiger partial charge in [0.05, 0.1) is 9.00 Å². The van der Waals surface area contributed by atoms with Gasteiger partial charge in [-0.2, -0.15) is 0 Å². The van der Waals surface area contributed by atoms with Crippen molar-refractivity contribution in [1.82, 2.24) is 0 Å². The van der Waals surface area contributed by atoms with Crippen molar-refractivity contribution in [2.24, 2.45) is 0 Å². The van der Waals surface area contributed by atoms with E-state index in [1.165, 1.54) is 0 Å². The molecule has 1 aromatic heterocycles. The summed E-state index contributed by atoms with van der Waals surface area (Å²) in [7, 11) is -5.92. The van der Waals surface area contributed by atoms with Crippen LogP contribution in [-0.2, 0) is 26.6 Å². The molecule has 0 unspecified atom stereocenters. The average molecular weight is 423 g/mol. The molecule has 0 aromatic carbocycles. The summed E-state index contributed by atoms with van der Waals surface area (Å²) in [5.74, 6) is 0. The first-order valence-electron chi connectivity index (χ1n) is 9.44. The van der Waals surface area contributed by atoms with E-state index in [-0.39, 0.29) is 0 Å². The van der Waals surface area contributed by atoms with Gasteiger partial charge in [-0.1, -0.05) is 0 Å². The predicted octanol–water partition coefficient (Wildman–Crippen LogP) is 2.57. The highest BCUT2D eigenvalue weighted by Gasteiger charge is 2.51. The molecule has 1 aromatic rings. The van der Waals surface area contributed by atoms with Crippen molar-refractivity contribution in [3.63, 3.8) is 0 Å². The van der Waals surface area contributed by atoms with E-state index >= 15 is 0 Å². The van der Waals surface area contributed by atoms with E-state index in [1.54, 1.807) is 11.3 Å². The fraction of sp³-hybridized carbons (Fsp3) is 0.765. The molecular formula is C17H34O6SSi2. The number of thiophene rings is 1. The van der Waals surface area contributed by atoms with Gasteiger partial charge in [-0.3, -0.25) is 0 Å². The lowest BCUT2D eigenvalue weighted by Crippen LogP contribution is -2.58. The van der Waals surface area contributed by atoms with Crippen LogP contribution in [0.2, 0.25) is 0 Å². The molecule has 0 radical (unpaired) electrons. The Morgan fingerprint density at radius 3 is 1.35 bits per heavy atom. The highest BCUT2D eigenvalue weighted by atomic mass is 32.1. The summed E-state index contributed by atoms with van der Waals surface area (Å²) >= 11 is 1.59. The zero-order valence-corrected chi connectivity index (χ0v) is 20.0. The third-order valence-corrected chi connectivity index (χ3v) is 12.2. The molecule has 1 rings (SSSR count). The van der Waals surface area contributed by atoms with Gasteiger partial charge in [-0.25, -0.2) is 0 Å². The zero-order valence-electron chi connectivity index (χ0n) is 17.2. The minimum Gasteiger partial charge on any atom is -0.370 e. The molecule has 0 aliphatic rings. The molecule has 0 saturated carbocycles. The van der Waals surface area contributed by atoms with Crippen molar-refractivity contribution in [2.45, 2.75) is 48.5 Å². The molecule has 152 valence electrons. The molecule has 1 heterocycles. The third kappa shape index (κ3) is 5.46. The predicted molar refractivity (Wildman–Crippen MR) is 110 cm³/mol. The average Bonchev–Trinajstić information content (AvgIpc) is 2.99. The number of hydrogen-bond donors (Lipinski definition) is 0. The second-order valence-corrected chi connectivity index (χ2v) is 12.1. The van der Waals surface area contributed by atoms with Crippen molar-refractivity contribution in [2.75, 3.05) is 39.6 Å². The van der Waals surface area contributed by atoms with Crippen LogP contribution in [0.3, 0.4) is 0 Å². The van der Waals surface area contributed by atoms with E-state index in [0.717, 1.165) is 14.6 Å².